The van der Waals surface area contributed by atoms with Crippen molar-refractivity contribution in [3.63, 3.8) is 0 Å². The van der Waals surface area contributed by atoms with E-state index in [1.807, 2.05) is 24.3 Å². The number of benzene rings is 2. The molecule has 0 saturated carbocycles. The first-order valence-electron chi connectivity index (χ1n) is 6.72. The fraction of sp³-hybridized carbons (Fsp3) is 0.235. The maximum absolute atomic E-state index is 10.9. The number of hydrogen-bond acceptors (Lipinski definition) is 2. The van der Waals surface area contributed by atoms with Gasteiger partial charge in [-0.15, -0.1) is 0 Å². The van der Waals surface area contributed by atoms with Crippen molar-refractivity contribution in [2.45, 2.75) is 24.4 Å². The lowest BCUT2D eigenvalue weighted by atomic mass is 9.75. The average Bonchev–Trinajstić information content (AvgIpc) is 2.87. The molecule has 0 amide bonds. The zero-order valence-electron chi connectivity index (χ0n) is 11.2. The van der Waals surface area contributed by atoms with Crippen molar-refractivity contribution in [3.8, 4) is 6.07 Å². The van der Waals surface area contributed by atoms with Crippen LogP contribution in [-0.2, 0) is 11.8 Å². The summed E-state index contributed by atoms with van der Waals surface area (Å²) in [5, 5.41) is 21.4. The minimum absolute atomic E-state index is 0.383. The molecule has 2 nitrogen and oxygen atoms in total. The van der Waals surface area contributed by atoms with Crippen molar-refractivity contribution in [1.29, 1.82) is 5.26 Å². The molecular weight excluding hydrogens is 305 g/mol. The Labute approximate surface area is 133 Å². The Balaban J connectivity index is 2.17. The predicted octanol–water partition coefficient (Wildman–Crippen LogP) is 4.43. The number of nitrogens with zero attached hydrogens (tertiary/aromatic N) is 1. The van der Waals surface area contributed by atoms with Gasteiger partial charge in [-0.25, -0.2) is 0 Å². The average molecular weight is 318 g/mol. The van der Waals surface area contributed by atoms with Crippen LogP contribution in [0.4, 0.5) is 0 Å². The van der Waals surface area contributed by atoms with Crippen LogP contribution in [0, 0.1) is 11.3 Å². The molecule has 0 spiro atoms. The summed E-state index contributed by atoms with van der Waals surface area (Å²) >= 11 is 12.4. The molecule has 2 unspecified atom stereocenters. The molecule has 1 aliphatic rings. The summed E-state index contributed by atoms with van der Waals surface area (Å²) in [5.74, 6) is 0. The third-order valence-electron chi connectivity index (χ3n) is 4.23. The Morgan fingerprint density at radius 1 is 1.10 bits per heavy atom. The number of nitriles is 1. The summed E-state index contributed by atoms with van der Waals surface area (Å²) < 4.78 is 0. The van der Waals surface area contributed by atoms with Crippen molar-refractivity contribution in [3.05, 3.63) is 69.2 Å². The number of halogens is 2. The summed E-state index contributed by atoms with van der Waals surface area (Å²) in [6.45, 7) is 0. The predicted molar refractivity (Wildman–Crippen MR) is 83.5 cm³/mol. The number of hydrogen-bond donors (Lipinski definition) is 1. The lowest BCUT2D eigenvalue weighted by Gasteiger charge is -2.29. The second-order valence-corrected chi connectivity index (χ2v) is 6.09. The van der Waals surface area contributed by atoms with Crippen LogP contribution in [0.15, 0.2) is 42.5 Å². The maximum atomic E-state index is 10.9. The monoisotopic (exact) mass is 317 g/mol. The van der Waals surface area contributed by atoms with E-state index >= 15 is 0 Å². The molecule has 0 fully saturated rings. The lowest BCUT2D eigenvalue weighted by Crippen LogP contribution is -2.30. The quantitative estimate of drug-likeness (QED) is 0.890. The largest absolute Gasteiger partial charge is 0.386 e. The van der Waals surface area contributed by atoms with Gasteiger partial charge < -0.3 is 5.11 Å². The normalized spacial score (nSPS) is 21.6. The highest BCUT2D eigenvalue weighted by atomic mass is 35.5. The summed E-state index contributed by atoms with van der Waals surface area (Å²) in [6, 6.07) is 15.1. The van der Waals surface area contributed by atoms with Crippen molar-refractivity contribution in [1.82, 2.24) is 0 Å². The highest BCUT2D eigenvalue weighted by Gasteiger charge is 2.46. The Hall–Kier alpha value is -1.53. The summed E-state index contributed by atoms with van der Waals surface area (Å²) in [5.41, 5.74) is 1.40. The summed E-state index contributed by atoms with van der Waals surface area (Å²) in [7, 11) is 0. The van der Waals surface area contributed by atoms with Crippen LogP contribution < -0.4 is 0 Å². The molecule has 0 heterocycles. The van der Waals surface area contributed by atoms with Gasteiger partial charge in [-0.2, -0.15) is 5.26 Å². The smallest absolute Gasteiger partial charge is 0.113 e. The first-order valence-corrected chi connectivity index (χ1v) is 7.47. The number of fused-ring (bicyclic) bond motifs is 1. The van der Waals surface area contributed by atoms with Gasteiger partial charge in [0.05, 0.1) is 6.07 Å². The van der Waals surface area contributed by atoms with E-state index in [-0.39, 0.29) is 0 Å². The van der Waals surface area contributed by atoms with Gasteiger partial charge in [0.1, 0.15) is 11.5 Å². The van der Waals surface area contributed by atoms with Gasteiger partial charge in [-0.3, -0.25) is 0 Å². The van der Waals surface area contributed by atoms with Gasteiger partial charge in [-0.1, -0.05) is 53.5 Å². The third-order valence-corrected chi connectivity index (χ3v) is 4.89. The van der Waals surface area contributed by atoms with Crippen molar-refractivity contribution < 1.29 is 5.11 Å². The first-order chi connectivity index (χ1) is 10.1. The highest BCUT2D eigenvalue weighted by molar-refractivity contribution is 6.36. The molecule has 1 N–H and O–H groups in total. The number of rotatable bonds is 2. The van der Waals surface area contributed by atoms with E-state index in [4.69, 9.17) is 23.2 Å². The van der Waals surface area contributed by atoms with E-state index in [0.29, 0.717) is 22.0 Å². The van der Waals surface area contributed by atoms with Gasteiger partial charge in [-0.05, 0) is 36.1 Å². The van der Waals surface area contributed by atoms with E-state index in [0.717, 1.165) is 17.5 Å². The van der Waals surface area contributed by atoms with Crippen LogP contribution in [0.1, 0.15) is 29.2 Å². The van der Waals surface area contributed by atoms with Gasteiger partial charge in [0, 0.05) is 15.6 Å². The summed E-state index contributed by atoms with van der Waals surface area (Å²) in [4.78, 5) is 0. The van der Waals surface area contributed by atoms with Gasteiger partial charge in [0.2, 0.25) is 0 Å². The van der Waals surface area contributed by atoms with Crippen LogP contribution in [0.2, 0.25) is 10.0 Å². The Kier molecular flexibility index (Phi) is 3.67. The van der Waals surface area contributed by atoms with Gasteiger partial charge in [0.25, 0.3) is 0 Å². The Morgan fingerprint density at radius 3 is 2.43 bits per heavy atom. The van der Waals surface area contributed by atoms with E-state index < -0.39 is 11.5 Å². The lowest BCUT2D eigenvalue weighted by molar-refractivity contribution is 0.111. The Bertz CT molecular complexity index is 718. The molecular formula is C17H13Cl2NO. The molecule has 21 heavy (non-hydrogen) atoms. The second-order valence-electron chi connectivity index (χ2n) is 5.28. The number of aryl methyl sites for hydroxylation is 1. The van der Waals surface area contributed by atoms with E-state index in [1.165, 1.54) is 0 Å². The third kappa shape index (κ3) is 2.13. The van der Waals surface area contributed by atoms with Crippen LogP contribution in [0.5, 0.6) is 0 Å². The fourth-order valence-electron chi connectivity index (χ4n) is 3.12. The fourth-order valence-corrected chi connectivity index (χ4v) is 3.72. The minimum Gasteiger partial charge on any atom is -0.386 e. The van der Waals surface area contributed by atoms with Crippen molar-refractivity contribution >= 4 is 23.2 Å². The zero-order valence-corrected chi connectivity index (χ0v) is 12.7. The molecule has 0 radical (unpaired) electrons. The van der Waals surface area contributed by atoms with Crippen LogP contribution in [0.3, 0.4) is 0 Å². The molecule has 1 aliphatic carbocycles. The molecule has 3 rings (SSSR count). The topological polar surface area (TPSA) is 44.0 Å². The van der Waals surface area contributed by atoms with Crippen molar-refractivity contribution in [2.75, 3.05) is 0 Å². The molecule has 0 bridgehead atoms. The van der Waals surface area contributed by atoms with Gasteiger partial charge >= 0.3 is 0 Å². The Morgan fingerprint density at radius 2 is 1.76 bits per heavy atom. The molecule has 4 heteroatoms. The van der Waals surface area contributed by atoms with Crippen LogP contribution in [-0.4, -0.2) is 5.11 Å². The molecule has 106 valence electrons. The molecule has 2 aromatic rings. The maximum Gasteiger partial charge on any atom is 0.113 e. The standard InChI is InChI=1S/C17H13Cl2NO/c18-13-6-3-7-14(19)15(13)16(21)17(10-20)9-8-11-4-1-2-5-12(11)17/h1-7,16,21H,8-9H2. The van der Waals surface area contributed by atoms with Crippen molar-refractivity contribution in [2.24, 2.45) is 0 Å². The van der Waals surface area contributed by atoms with E-state index in [1.54, 1.807) is 18.2 Å². The van der Waals surface area contributed by atoms with Crippen LogP contribution >= 0.6 is 23.2 Å². The molecule has 0 saturated heterocycles. The minimum atomic E-state index is -1.05. The second kappa shape index (κ2) is 5.35. The molecule has 2 aromatic carbocycles. The van der Waals surface area contributed by atoms with Gasteiger partial charge in [0.15, 0.2) is 0 Å². The number of aliphatic hydroxyl groups is 1. The first kappa shape index (κ1) is 14.4. The van der Waals surface area contributed by atoms with E-state index in [2.05, 4.69) is 6.07 Å². The highest BCUT2D eigenvalue weighted by Crippen LogP contribution is 2.49. The molecule has 2 atom stereocenters. The molecule has 0 aliphatic heterocycles. The summed E-state index contributed by atoms with van der Waals surface area (Å²) in [6.07, 6.45) is 0.279. The SMILES string of the molecule is N#CC1(C(O)c2c(Cl)cccc2Cl)CCc2ccccc21. The van der Waals surface area contributed by atoms with Crippen LogP contribution in [0.25, 0.3) is 0 Å². The number of aliphatic hydroxyl groups excluding tert-OH is 1. The molecule has 0 aromatic heterocycles. The van der Waals surface area contributed by atoms with E-state index in [9.17, 15) is 10.4 Å². The zero-order chi connectivity index (χ0) is 15.0.